The molecule has 36 heavy (non-hydrogen) atoms. The van der Waals surface area contributed by atoms with Crippen LogP contribution >= 0.6 is 0 Å². The smallest absolute Gasteiger partial charge is 0.409 e. The summed E-state index contributed by atoms with van der Waals surface area (Å²) in [4.78, 5) is 7.35. The molecule has 2 aromatic rings. The molecule has 200 valence electrons. The van der Waals surface area contributed by atoms with Crippen molar-refractivity contribution in [1.29, 1.82) is 0 Å². The molecule has 1 aromatic heterocycles. The highest BCUT2D eigenvalue weighted by Crippen LogP contribution is 2.45. The summed E-state index contributed by atoms with van der Waals surface area (Å²) in [5.41, 5.74) is 2.35. The molecular formula is C28H46N2O4Si2. The Balaban J connectivity index is 1.54. The van der Waals surface area contributed by atoms with Crippen LogP contribution in [0.3, 0.4) is 0 Å². The van der Waals surface area contributed by atoms with Gasteiger partial charge in [-0.2, -0.15) is 0 Å². The van der Waals surface area contributed by atoms with Gasteiger partial charge in [0.2, 0.25) is 0 Å². The van der Waals surface area contributed by atoms with Gasteiger partial charge >= 0.3 is 8.80 Å². The fraction of sp³-hybridized carbons (Fsp3) is 0.679. The van der Waals surface area contributed by atoms with Crippen LogP contribution in [0.1, 0.15) is 51.7 Å². The number of pyridine rings is 1. The molecule has 0 N–H and O–H groups in total. The Labute approximate surface area is 220 Å². The second-order valence-corrected chi connectivity index (χ2v) is 18.4. The zero-order valence-corrected chi connectivity index (χ0v) is 25.2. The Bertz CT molecular complexity index is 963. The first-order valence-electron chi connectivity index (χ1n) is 14.0. The normalized spacial score (nSPS) is 25.4. The van der Waals surface area contributed by atoms with E-state index < -0.39 is 17.1 Å². The first-order valence-corrected chi connectivity index (χ1v) is 19.3. The molecule has 0 spiro atoms. The lowest BCUT2D eigenvalue weighted by Crippen LogP contribution is -2.57. The lowest BCUT2D eigenvalue weighted by atomic mass is 9.72. The van der Waals surface area contributed by atoms with Gasteiger partial charge in [0.15, 0.2) is 8.32 Å². The third kappa shape index (κ3) is 6.46. The Morgan fingerprint density at radius 2 is 1.69 bits per heavy atom. The van der Waals surface area contributed by atoms with Crippen molar-refractivity contribution in [2.45, 2.75) is 77.9 Å². The third-order valence-corrected chi connectivity index (χ3v) is 11.7. The third-order valence-electron chi connectivity index (χ3n) is 7.67. The minimum atomic E-state index is -2.61. The quantitative estimate of drug-likeness (QED) is 0.284. The highest BCUT2D eigenvalue weighted by atomic mass is 28.4. The van der Waals surface area contributed by atoms with E-state index in [-0.39, 0.29) is 6.10 Å². The van der Waals surface area contributed by atoms with E-state index in [1.54, 1.807) is 0 Å². The lowest BCUT2D eigenvalue weighted by Gasteiger charge is -2.53. The summed E-state index contributed by atoms with van der Waals surface area (Å²) in [6.45, 7) is 17.3. The SMILES string of the molecule is CCO[Si](CC[C@H]1CN2CC[C@H]1C[C@H]2[C@H](O[Si](C)(C)C)c1ccnc2ccccc12)(OCC)OCC. The van der Waals surface area contributed by atoms with Crippen LogP contribution in [0.4, 0.5) is 0 Å². The minimum Gasteiger partial charge on any atom is -0.409 e. The van der Waals surface area contributed by atoms with Gasteiger partial charge in [0, 0.05) is 50.0 Å². The summed E-state index contributed by atoms with van der Waals surface area (Å²) in [6, 6.07) is 12.0. The number of para-hydroxylation sites is 1. The average molecular weight is 531 g/mol. The van der Waals surface area contributed by atoms with Gasteiger partial charge in [-0.25, -0.2) is 0 Å². The summed E-state index contributed by atoms with van der Waals surface area (Å²) in [5, 5.41) is 1.23. The van der Waals surface area contributed by atoms with Crippen LogP contribution in [0, 0.1) is 11.8 Å². The maximum absolute atomic E-state index is 6.99. The number of hydrogen-bond donors (Lipinski definition) is 0. The number of hydrogen-bond acceptors (Lipinski definition) is 6. The van der Waals surface area contributed by atoms with E-state index in [2.05, 4.69) is 59.9 Å². The molecule has 1 unspecified atom stereocenters. The van der Waals surface area contributed by atoms with E-state index in [1.807, 2.05) is 27.0 Å². The monoisotopic (exact) mass is 530 g/mol. The van der Waals surface area contributed by atoms with Crippen LogP contribution in [-0.4, -0.2) is 66.0 Å². The van der Waals surface area contributed by atoms with Crippen molar-refractivity contribution in [3.63, 3.8) is 0 Å². The number of benzene rings is 1. The molecule has 8 heteroatoms. The Hall–Kier alpha value is -1.14. The van der Waals surface area contributed by atoms with E-state index >= 15 is 0 Å². The molecule has 3 aliphatic heterocycles. The molecule has 3 aliphatic rings. The van der Waals surface area contributed by atoms with Gasteiger partial charge in [0.05, 0.1) is 11.6 Å². The Morgan fingerprint density at radius 3 is 2.31 bits per heavy atom. The predicted molar refractivity (Wildman–Crippen MR) is 151 cm³/mol. The number of aromatic nitrogens is 1. The fourth-order valence-electron chi connectivity index (χ4n) is 6.28. The summed E-state index contributed by atoms with van der Waals surface area (Å²) in [6.07, 6.45) is 5.60. The van der Waals surface area contributed by atoms with Crippen molar-refractivity contribution < 1.29 is 17.7 Å². The predicted octanol–water partition coefficient (Wildman–Crippen LogP) is 6.28. The first-order chi connectivity index (χ1) is 17.3. The molecule has 3 fully saturated rings. The molecule has 4 heterocycles. The van der Waals surface area contributed by atoms with Gasteiger partial charge in [-0.1, -0.05) is 18.2 Å². The molecule has 0 saturated carbocycles. The van der Waals surface area contributed by atoms with Crippen LogP contribution in [0.2, 0.25) is 25.7 Å². The molecule has 2 bridgehead atoms. The summed E-state index contributed by atoms with van der Waals surface area (Å²) >= 11 is 0. The lowest BCUT2D eigenvalue weighted by molar-refractivity contribution is -0.0519. The number of rotatable bonds is 13. The number of fused-ring (bicyclic) bond motifs is 4. The number of nitrogens with zero attached hydrogens (tertiary/aromatic N) is 2. The molecule has 5 atom stereocenters. The van der Waals surface area contributed by atoms with Gasteiger partial charge in [-0.05, 0) is 95.8 Å². The molecule has 5 rings (SSSR count). The zero-order chi connectivity index (χ0) is 25.8. The topological polar surface area (TPSA) is 53.1 Å². The molecule has 1 aromatic carbocycles. The van der Waals surface area contributed by atoms with Gasteiger partial charge in [-0.15, -0.1) is 0 Å². The van der Waals surface area contributed by atoms with Crippen LogP contribution in [0.15, 0.2) is 36.5 Å². The highest BCUT2D eigenvalue weighted by Gasteiger charge is 2.47. The summed E-state index contributed by atoms with van der Waals surface area (Å²) < 4.78 is 25.4. The van der Waals surface area contributed by atoms with Crippen molar-refractivity contribution in [1.82, 2.24) is 9.88 Å². The van der Waals surface area contributed by atoms with Crippen LogP contribution in [0.25, 0.3) is 10.9 Å². The van der Waals surface area contributed by atoms with Crippen LogP contribution in [-0.2, 0) is 17.7 Å². The van der Waals surface area contributed by atoms with Gasteiger partial charge < -0.3 is 17.7 Å². The summed E-state index contributed by atoms with van der Waals surface area (Å²) in [7, 11) is -4.38. The van der Waals surface area contributed by atoms with E-state index in [0.717, 1.165) is 31.1 Å². The minimum absolute atomic E-state index is 0.0806. The van der Waals surface area contributed by atoms with Crippen LogP contribution in [0.5, 0.6) is 0 Å². The maximum atomic E-state index is 6.99. The fourth-order valence-corrected chi connectivity index (χ4v) is 10.1. The maximum Gasteiger partial charge on any atom is 0.500 e. The molecule has 3 saturated heterocycles. The van der Waals surface area contributed by atoms with Gasteiger partial charge in [-0.3, -0.25) is 9.88 Å². The average Bonchev–Trinajstić information content (AvgIpc) is 2.86. The largest absolute Gasteiger partial charge is 0.500 e. The van der Waals surface area contributed by atoms with Crippen LogP contribution < -0.4 is 0 Å². The van der Waals surface area contributed by atoms with Crippen molar-refractivity contribution >= 4 is 28.0 Å². The van der Waals surface area contributed by atoms with Crippen molar-refractivity contribution in [3.05, 3.63) is 42.1 Å². The van der Waals surface area contributed by atoms with Crippen molar-refractivity contribution in [2.75, 3.05) is 32.9 Å². The molecule has 6 nitrogen and oxygen atoms in total. The van der Waals surface area contributed by atoms with E-state index in [1.165, 1.54) is 23.8 Å². The second kappa shape index (κ2) is 12.2. The van der Waals surface area contributed by atoms with Crippen molar-refractivity contribution in [3.8, 4) is 0 Å². The second-order valence-electron chi connectivity index (χ2n) is 11.2. The summed E-state index contributed by atoms with van der Waals surface area (Å²) in [5.74, 6) is 1.36. The first kappa shape index (κ1) is 27.9. The molecule has 0 amide bonds. The Morgan fingerprint density at radius 1 is 1.00 bits per heavy atom. The van der Waals surface area contributed by atoms with E-state index in [9.17, 15) is 0 Å². The number of piperidine rings is 3. The van der Waals surface area contributed by atoms with Gasteiger partial charge in [0.25, 0.3) is 0 Å². The van der Waals surface area contributed by atoms with Crippen molar-refractivity contribution in [2.24, 2.45) is 11.8 Å². The standard InChI is InChI=1S/C28H46N2O4Si2/c1-7-31-36(32-8-2,33-9-3)19-16-23-21-30-18-15-22(23)20-27(30)28(34-35(4,5)6)25-14-17-29-26-13-11-10-12-24(25)26/h10-14,17,22-23,27-28H,7-9,15-16,18-21H2,1-6H3/t22-,23-,27-,28+/m0/s1. The zero-order valence-electron chi connectivity index (χ0n) is 23.2. The van der Waals surface area contributed by atoms with Gasteiger partial charge in [0.1, 0.15) is 0 Å². The molecule has 0 radical (unpaired) electrons. The van der Waals surface area contributed by atoms with E-state index in [0.29, 0.717) is 37.7 Å². The highest BCUT2D eigenvalue weighted by molar-refractivity contribution is 6.69. The molecular weight excluding hydrogens is 484 g/mol. The van der Waals surface area contributed by atoms with E-state index in [4.69, 9.17) is 17.7 Å². The molecule has 0 aliphatic carbocycles. The Kier molecular flexibility index (Phi) is 9.41.